The van der Waals surface area contributed by atoms with Crippen molar-refractivity contribution in [1.82, 2.24) is 10.6 Å². The lowest BCUT2D eigenvalue weighted by atomic mass is 9.95. The van der Waals surface area contributed by atoms with Gasteiger partial charge in [0.1, 0.15) is 12.0 Å². The number of carbonyl (C=O) groups is 1. The average Bonchev–Trinajstić information content (AvgIpc) is 3.32. The zero-order valence-corrected chi connectivity index (χ0v) is 13.5. The van der Waals surface area contributed by atoms with Crippen molar-refractivity contribution in [1.29, 1.82) is 0 Å². The van der Waals surface area contributed by atoms with Gasteiger partial charge in [-0.3, -0.25) is 4.79 Å². The number of furan rings is 1. The van der Waals surface area contributed by atoms with Crippen LogP contribution in [-0.2, 0) is 0 Å². The fourth-order valence-corrected chi connectivity index (χ4v) is 3.49. The Kier molecular flexibility index (Phi) is 3.90. The topological polar surface area (TPSA) is 72.7 Å². The molecule has 2 N–H and O–H groups in total. The summed E-state index contributed by atoms with van der Waals surface area (Å²) in [5.74, 6) is 1.50. The number of nitrogens with one attached hydrogen (secondary N) is 2. The second kappa shape index (κ2) is 6.20. The zero-order valence-electron chi connectivity index (χ0n) is 13.5. The van der Waals surface area contributed by atoms with Crippen molar-refractivity contribution >= 4 is 5.91 Å². The summed E-state index contributed by atoms with van der Waals surface area (Å²) in [5, 5.41) is 6.65. The third kappa shape index (κ3) is 2.97. The van der Waals surface area contributed by atoms with Crippen LogP contribution in [0.25, 0.3) is 0 Å². The Morgan fingerprint density at radius 2 is 2.08 bits per heavy atom. The standard InChI is InChI=1S/C18H20N2O4/c1-22-14-9-17(23-10-14)24-13-5-2-11(3-6-13)18(21)20-16-8-12-4-7-15(16)19-12/h2-3,5-6,9-10,12,15-16,19H,4,7-8H2,1H3,(H,20,21). The quantitative estimate of drug-likeness (QED) is 0.883. The van der Waals surface area contributed by atoms with Crippen LogP contribution < -0.4 is 20.1 Å². The van der Waals surface area contributed by atoms with Crippen LogP contribution in [0.1, 0.15) is 29.6 Å². The Morgan fingerprint density at radius 1 is 1.25 bits per heavy atom. The maximum atomic E-state index is 12.4. The van der Waals surface area contributed by atoms with Crippen LogP contribution in [-0.4, -0.2) is 31.1 Å². The van der Waals surface area contributed by atoms with E-state index in [0.29, 0.717) is 35.1 Å². The first-order valence-electron chi connectivity index (χ1n) is 8.18. The molecule has 0 saturated carbocycles. The first kappa shape index (κ1) is 15.1. The summed E-state index contributed by atoms with van der Waals surface area (Å²) in [6.07, 6.45) is 4.87. The highest BCUT2D eigenvalue weighted by molar-refractivity contribution is 5.94. The second-order valence-corrected chi connectivity index (χ2v) is 6.30. The van der Waals surface area contributed by atoms with Gasteiger partial charge in [-0.2, -0.15) is 0 Å². The normalized spacial score (nSPS) is 24.8. The predicted molar refractivity (Wildman–Crippen MR) is 87.6 cm³/mol. The Labute approximate surface area is 140 Å². The number of ether oxygens (including phenoxy) is 2. The van der Waals surface area contributed by atoms with E-state index in [9.17, 15) is 4.79 Å². The van der Waals surface area contributed by atoms with Gasteiger partial charge in [0.2, 0.25) is 0 Å². The van der Waals surface area contributed by atoms with Gasteiger partial charge in [0.05, 0.1) is 13.2 Å². The van der Waals surface area contributed by atoms with E-state index in [1.54, 1.807) is 37.4 Å². The van der Waals surface area contributed by atoms with Crippen LogP contribution in [0.2, 0.25) is 0 Å². The van der Waals surface area contributed by atoms with E-state index in [2.05, 4.69) is 10.6 Å². The first-order chi connectivity index (χ1) is 11.7. The maximum absolute atomic E-state index is 12.4. The highest BCUT2D eigenvalue weighted by Crippen LogP contribution is 2.29. The fraction of sp³-hybridized carbons (Fsp3) is 0.389. The Bertz CT molecular complexity index is 725. The lowest BCUT2D eigenvalue weighted by Crippen LogP contribution is -2.42. The van der Waals surface area contributed by atoms with Gasteiger partial charge in [0.25, 0.3) is 11.9 Å². The van der Waals surface area contributed by atoms with E-state index >= 15 is 0 Å². The van der Waals surface area contributed by atoms with Gasteiger partial charge >= 0.3 is 0 Å². The number of fused-ring (bicyclic) bond motifs is 2. The van der Waals surface area contributed by atoms with Crippen molar-refractivity contribution in [2.45, 2.75) is 37.4 Å². The minimum absolute atomic E-state index is 0.0411. The van der Waals surface area contributed by atoms with Crippen molar-refractivity contribution in [2.75, 3.05) is 7.11 Å². The summed E-state index contributed by atoms with van der Waals surface area (Å²) >= 11 is 0. The van der Waals surface area contributed by atoms with Crippen LogP contribution in [0.15, 0.2) is 41.0 Å². The molecule has 2 aliphatic rings. The van der Waals surface area contributed by atoms with Gasteiger partial charge in [-0.1, -0.05) is 0 Å². The van der Waals surface area contributed by atoms with Gasteiger partial charge in [0.15, 0.2) is 5.75 Å². The number of carbonyl (C=O) groups excluding carboxylic acids is 1. The molecule has 1 aromatic carbocycles. The van der Waals surface area contributed by atoms with E-state index < -0.39 is 0 Å². The van der Waals surface area contributed by atoms with Crippen molar-refractivity contribution in [3.05, 3.63) is 42.2 Å². The highest BCUT2D eigenvalue weighted by Gasteiger charge is 2.39. The van der Waals surface area contributed by atoms with E-state index in [1.165, 1.54) is 12.7 Å². The van der Waals surface area contributed by atoms with Gasteiger partial charge in [-0.05, 0) is 43.5 Å². The molecule has 2 aliphatic heterocycles. The van der Waals surface area contributed by atoms with Crippen LogP contribution in [0.4, 0.5) is 0 Å². The van der Waals surface area contributed by atoms with Gasteiger partial charge in [-0.15, -0.1) is 0 Å². The lowest BCUT2D eigenvalue weighted by molar-refractivity contribution is 0.0931. The predicted octanol–water partition coefficient (Wildman–Crippen LogP) is 2.70. The van der Waals surface area contributed by atoms with Crippen LogP contribution in [0.5, 0.6) is 17.4 Å². The maximum Gasteiger partial charge on any atom is 0.293 e. The molecule has 24 heavy (non-hydrogen) atoms. The number of amides is 1. The minimum atomic E-state index is -0.0411. The molecule has 2 bridgehead atoms. The molecule has 2 aromatic rings. The number of methoxy groups -OCH3 is 1. The molecule has 1 amide bonds. The summed E-state index contributed by atoms with van der Waals surface area (Å²) in [6, 6.07) is 9.91. The average molecular weight is 328 g/mol. The zero-order chi connectivity index (χ0) is 16.5. The van der Waals surface area contributed by atoms with E-state index in [4.69, 9.17) is 13.9 Å². The molecule has 0 radical (unpaired) electrons. The van der Waals surface area contributed by atoms with Gasteiger partial charge in [-0.25, -0.2) is 0 Å². The third-order valence-corrected chi connectivity index (χ3v) is 4.74. The molecule has 126 valence electrons. The Morgan fingerprint density at radius 3 is 2.71 bits per heavy atom. The molecule has 0 spiro atoms. The van der Waals surface area contributed by atoms with Gasteiger partial charge < -0.3 is 24.5 Å². The van der Waals surface area contributed by atoms with Crippen molar-refractivity contribution in [3.8, 4) is 17.4 Å². The molecule has 4 rings (SSSR count). The largest absolute Gasteiger partial charge is 0.493 e. The summed E-state index contributed by atoms with van der Waals surface area (Å²) in [4.78, 5) is 12.4. The molecular formula is C18H20N2O4. The molecule has 6 heteroatoms. The molecule has 2 saturated heterocycles. The van der Waals surface area contributed by atoms with Crippen LogP contribution >= 0.6 is 0 Å². The number of hydrogen-bond donors (Lipinski definition) is 2. The number of rotatable bonds is 5. The molecule has 3 atom stereocenters. The number of hydrogen-bond acceptors (Lipinski definition) is 5. The Hall–Kier alpha value is -2.47. The molecular weight excluding hydrogens is 308 g/mol. The smallest absolute Gasteiger partial charge is 0.293 e. The second-order valence-electron chi connectivity index (χ2n) is 6.30. The summed E-state index contributed by atoms with van der Waals surface area (Å²) < 4.78 is 15.8. The van der Waals surface area contributed by atoms with Crippen molar-refractivity contribution < 1.29 is 18.7 Å². The Balaban J connectivity index is 1.37. The molecule has 0 aliphatic carbocycles. The van der Waals surface area contributed by atoms with Crippen molar-refractivity contribution in [3.63, 3.8) is 0 Å². The lowest BCUT2D eigenvalue weighted by Gasteiger charge is -2.21. The minimum Gasteiger partial charge on any atom is -0.493 e. The summed E-state index contributed by atoms with van der Waals surface area (Å²) in [5.41, 5.74) is 0.627. The van der Waals surface area contributed by atoms with E-state index in [-0.39, 0.29) is 11.9 Å². The van der Waals surface area contributed by atoms with Crippen LogP contribution in [0, 0.1) is 0 Å². The summed E-state index contributed by atoms with van der Waals surface area (Å²) in [7, 11) is 1.56. The van der Waals surface area contributed by atoms with Crippen LogP contribution in [0.3, 0.4) is 0 Å². The molecule has 2 fully saturated rings. The van der Waals surface area contributed by atoms with Gasteiger partial charge in [0, 0.05) is 23.7 Å². The highest BCUT2D eigenvalue weighted by atomic mass is 16.6. The number of benzene rings is 1. The third-order valence-electron chi connectivity index (χ3n) is 4.74. The monoisotopic (exact) mass is 328 g/mol. The molecule has 6 nitrogen and oxygen atoms in total. The van der Waals surface area contributed by atoms with Crippen molar-refractivity contribution in [2.24, 2.45) is 0 Å². The first-order valence-corrected chi connectivity index (χ1v) is 8.18. The molecule has 3 heterocycles. The van der Waals surface area contributed by atoms with E-state index in [0.717, 1.165) is 12.8 Å². The van der Waals surface area contributed by atoms with E-state index in [1.807, 2.05) is 0 Å². The SMILES string of the molecule is COc1coc(Oc2ccc(C(=O)NC3CC4CCC3N4)cc2)c1. The molecule has 1 aromatic heterocycles. The molecule has 3 unspecified atom stereocenters. The summed E-state index contributed by atoms with van der Waals surface area (Å²) in [6.45, 7) is 0. The fourth-order valence-electron chi connectivity index (χ4n) is 3.49.